The Balaban J connectivity index is 1.28. The standard InChI is InChI=1S/C50H33NS/c1-2-16-35(17-3-1)38-26-12-20-36-21-13-27-42(49(36)38)39-23-6-9-30-46(39)51(45-32-14-19-34-18-4-5-22-37(34)45)47-31-10-7-24-40(47)43-28-15-29-44-41-25-8-11-33-48(41)52-50(43)44/h1-33H. The number of thiophene rings is 1. The second-order valence-corrected chi connectivity index (χ2v) is 14.3. The molecule has 0 saturated carbocycles. The number of para-hydroxylation sites is 2. The highest BCUT2D eigenvalue weighted by molar-refractivity contribution is 7.26. The predicted octanol–water partition coefficient (Wildman–Crippen LogP) is 14.8. The van der Waals surface area contributed by atoms with E-state index in [1.165, 1.54) is 75.1 Å². The summed E-state index contributed by atoms with van der Waals surface area (Å²) >= 11 is 1.88. The molecule has 1 nitrogen and oxygen atoms in total. The summed E-state index contributed by atoms with van der Waals surface area (Å²) in [4.78, 5) is 2.50. The topological polar surface area (TPSA) is 3.24 Å². The molecule has 244 valence electrons. The number of fused-ring (bicyclic) bond motifs is 5. The first kappa shape index (κ1) is 30.4. The highest BCUT2D eigenvalue weighted by Crippen LogP contribution is 2.50. The Morgan fingerprint density at radius 3 is 1.62 bits per heavy atom. The second-order valence-electron chi connectivity index (χ2n) is 13.2. The zero-order valence-electron chi connectivity index (χ0n) is 28.4. The molecule has 0 radical (unpaired) electrons. The highest BCUT2D eigenvalue weighted by Gasteiger charge is 2.24. The van der Waals surface area contributed by atoms with Crippen molar-refractivity contribution >= 4 is 70.1 Å². The van der Waals surface area contributed by atoms with Crippen molar-refractivity contribution < 1.29 is 0 Å². The first-order valence-electron chi connectivity index (χ1n) is 17.8. The molecule has 0 bridgehead atoms. The Morgan fingerprint density at radius 1 is 0.308 bits per heavy atom. The normalized spacial score (nSPS) is 11.5. The van der Waals surface area contributed by atoms with Gasteiger partial charge in [0, 0.05) is 42.2 Å². The lowest BCUT2D eigenvalue weighted by Gasteiger charge is -2.31. The van der Waals surface area contributed by atoms with Crippen LogP contribution >= 0.6 is 11.3 Å². The van der Waals surface area contributed by atoms with Crippen molar-refractivity contribution in [2.24, 2.45) is 0 Å². The molecule has 0 N–H and O–H groups in total. The molecule has 0 saturated heterocycles. The third-order valence-electron chi connectivity index (χ3n) is 10.3. The van der Waals surface area contributed by atoms with Crippen LogP contribution in [0, 0.1) is 0 Å². The van der Waals surface area contributed by atoms with Gasteiger partial charge in [0.1, 0.15) is 0 Å². The van der Waals surface area contributed by atoms with Crippen molar-refractivity contribution in [3.63, 3.8) is 0 Å². The largest absolute Gasteiger partial charge is 0.309 e. The van der Waals surface area contributed by atoms with Crippen molar-refractivity contribution in [2.45, 2.75) is 0 Å². The lowest BCUT2D eigenvalue weighted by molar-refractivity contribution is 1.30. The molecule has 1 aromatic heterocycles. The van der Waals surface area contributed by atoms with Crippen LogP contribution in [0.25, 0.3) is 75.1 Å². The molecule has 0 aliphatic heterocycles. The Morgan fingerprint density at radius 2 is 0.808 bits per heavy atom. The molecule has 52 heavy (non-hydrogen) atoms. The molecule has 1 heterocycles. The summed E-state index contributed by atoms with van der Waals surface area (Å²) in [5.74, 6) is 0. The summed E-state index contributed by atoms with van der Waals surface area (Å²) in [5, 5.41) is 7.50. The first-order valence-corrected chi connectivity index (χ1v) is 18.6. The summed E-state index contributed by atoms with van der Waals surface area (Å²) in [6.45, 7) is 0. The number of hydrogen-bond donors (Lipinski definition) is 0. The zero-order chi connectivity index (χ0) is 34.4. The van der Waals surface area contributed by atoms with Gasteiger partial charge in [-0.1, -0.05) is 176 Å². The van der Waals surface area contributed by atoms with Gasteiger partial charge in [0.25, 0.3) is 0 Å². The first-order chi connectivity index (χ1) is 25.8. The van der Waals surface area contributed by atoms with E-state index >= 15 is 0 Å². The summed E-state index contributed by atoms with van der Waals surface area (Å²) in [6.07, 6.45) is 0. The van der Waals surface area contributed by atoms with Crippen molar-refractivity contribution in [2.75, 3.05) is 4.90 Å². The number of benzene rings is 9. The van der Waals surface area contributed by atoms with Crippen LogP contribution in [0.2, 0.25) is 0 Å². The maximum Gasteiger partial charge on any atom is 0.0541 e. The molecule has 0 atom stereocenters. The van der Waals surface area contributed by atoms with Crippen molar-refractivity contribution in [3.05, 3.63) is 200 Å². The predicted molar refractivity (Wildman–Crippen MR) is 225 cm³/mol. The molecule has 0 aliphatic carbocycles. The van der Waals surface area contributed by atoms with Crippen LogP contribution in [-0.2, 0) is 0 Å². The molecule has 0 spiro atoms. The number of rotatable bonds is 6. The number of anilines is 3. The molecule has 10 rings (SSSR count). The van der Waals surface area contributed by atoms with Gasteiger partial charge in [-0.15, -0.1) is 11.3 Å². The smallest absolute Gasteiger partial charge is 0.0541 e. The van der Waals surface area contributed by atoms with Gasteiger partial charge in [-0.05, 0) is 57.1 Å². The van der Waals surface area contributed by atoms with E-state index in [1.807, 2.05) is 11.3 Å². The van der Waals surface area contributed by atoms with E-state index in [9.17, 15) is 0 Å². The molecule has 2 heteroatoms. The fourth-order valence-corrected chi connectivity index (χ4v) is 9.20. The van der Waals surface area contributed by atoms with E-state index in [0.717, 1.165) is 17.1 Å². The van der Waals surface area contributed by atoms with Gasteiger partial charge in [0.05, 0.1) is 17.1 Å². The van der Waals surface area contributed by atoms with Gasteiger partial charge in [-0.25, -0.2) is 0 Å². The summed E-state index contributed by atoms with van der Waals surface area (Å²) in [5.41, 5.74) is 10.7. The van der Waals surface area contributed by atoms with Crippen LogP contribution in [0.5, 0.6) is 0 Å². The van der Waals surface area contributed by atoms with Crippen molar-refractivity contribution in [1.29, 1.82) is 0 Å². The van der Waals surface area contributed by atoms with Crippen LogP contribution in [0.4, 0.5) is 17.1 Å². The monoisotopic (exact) mass is 679 g/mol. The fraction of sp³-hybridized carbons (Fsp3) is 0. The Kier molecular flexibility index (Phi) is 7.41. The van der Waals surface area contributed by atoms with E-state index in [1.54, 1.807) is 0 Å². The second kappa shape index (κ2) is 12.7. The van der Waals surface area contributed by atoms with Gasteiger partial charge in [-0.2, -0.15) is 0 Å². The third-order valence-corrected chi connectivity index (χ3v) is 11.5. The van der Waals surface area contributed by atoms with Gasteiger partial charge < -0.3 is 4.90 Å². The van der Waals surface area contributed by atoms with E-state index in [4.69, 9.17) is 0 Å². The van der Waals surface area contributed by atoms with Crippen molar-refractivity contribution in [1.82, 2.24) is 0 Å². The van der Waals surface area contributed by atoms with E-state index in [-0.39, 0.29) is 0 Å². The molecular weight excluding hydrogens is 647 g/mol. The highest BCUT2D eigenvalue weighted by atomic mass is 32.1. The van der Waals surface area contributed by atoms with Gasteiger partial charge in [0.15, 0.2) is 0 Å². The van der Waals surface area contributed by atoms with E-state index in [0.29, 0.717) is 0 Å². The minimum absolute atomic E-state index is 1.13. The van der Waals surface area contributed by atoms with Crippen LogP contribution in [0.1, 0.15) is 0 Å². The zero-order valence-corrected chi connectivity index (χ0v) is 29.2. The Labute approximate surface area is 307 Å². The average molecular weight is 680 g/mol. The Hall–Kier alpha value is -6.48. The summed E-state index contributed by atoms with van der Waals surface area (Å²) in [7, 11) is 0. The number of hydrogen-bond acceptors (Lipinski definition) is 2. The maximum atomic E-state index is 2.50. The fourth-order valence-electron chi connectivity index (χ4n) is 7.97. The van der Waals surface area contributed by atoms with Gasteiger partial charge in [-0.3, -0.25) is 0 Å². The summed E-state index contributed by atoms with van der Waals surface area (Å²) in [6, 6.07) is 73.0. The van der Waals surface area contributed by atoms with Crippen LogP contribution < -0.4 is 4.90 Å². The molecule has 10 aromatic rings. The minimum Gasteiger partial charge on any atom is -0.309 e. The third kappa shape index (κ3) is 4.99. The number of nitrogens with zero attached hydrogens (tertiary/aromatic N) is 1. The lowest BCUT2D eigenvalue weighted by Crippen LogP contribution is -2.13. The lowest BCUT2D eigenvalue weighted by atomic mass is 9.90. The van der Waals surface area contributed by atoms with Gasteiger partial charge >= 0.3 is 0 Å². The molecular formula is C50H33NS. The molecule has 0 fully saturated rings. The molecule has 0 amide bonds. The Bertz CT molecular complexity index is 2910. The van der Waals surface area contributed by atoms with Crippen molar-refractivity contribution in [3.8, 4) is 33.4 Å². The van der Waals surface area contributed by atoms with Crippen LogP contribution in [0.3, 0.4) is 0 Å². The van der Waals surface area contributed by atoms with Gasteiger partial charge in [0.2, 0.25) is 0 Å². The quantitative estimate of drug-likeness (QED) is 0.169. The average Bonchev–Trinajstić information content (AvgIpc) is 3.61. The van der Waals surface area contributed by atoms with Crippen LogP contribution in [0.15, 0.2) is 200 Å². The molecule has 9 aromatic carbocycles. The summed E-state index contributed by atoms with van der Waals surface area (Å²) < 4.78 is 2.62. The molecule has 0 aliphatic rings. The van der Waals surface area contributed by atoms with E-state index in [2.05, 4.69) is 205 Å². The SMILES string of the molecule is c1ccc(-c2cccc3cccc(-c4ccccc4N(c4ccccc4-c4cccc5c4sc4ccccc45)c4cccc5ccccc45)c23)cc1. The molecule has 0 unspecified atom stereocenters. The maximum absolute atomic E-state index is 2.50. The van der Waals surface area contributed by atoms with Crippen LogP contribution in [-0.4, -0.2) is 0 Å². The van der Waals surface area contributed by atoms with E-state index < -0.39 is 0 Å². The minimum atomic E-state index is 1.13.